The lowest BCUT2D eigenvalue weighted by molar-refractivity contribution is -0.117. The summed E-state index contributed by atoms with van der Waals surface area (Å²) in [4.78, 5) is 27.8. The molecule has 1 aliphatic heterocycles. The molecule has 1 N–H and O–H groups in total. The lowest BCUT2D eigenvalue weighted by Gasteiger charge is -2.29. The molecule has 0 aliphatic carbocycles. The minimum atomic E-state index is -0.0391. The van der Waals surface area contributed by atoms with Crippen LogP contribution in [0.3, 0.4) is 0 Å². The zero-order valence-electron chi connectivity index (χ0n) is 16.2. The summed E-state index contributed by atoms with van der Waals surface area (Å²) >= 11 is 1.49. The topological polar surface area (TPSA) is 97.0 Å². The van der Waals surface area contributed by atoms with Gasteiger partial charge in [-0.25, -0.2) is 4.98 Å². The van der Waals surface area contributed by atoms with Crippen LogP contribution in [-0.4, -0.2) is 50.5 Å². The number of hydrogen-bond donors (Lipinski definition) is 1. The minimum Gasteiger partial charge on any atom is -0.339 e. The largest absolute Gasteiger partial charge is 0.339 e. The number of pyridine rings is 1. The van der Waals surface area contributed by atoms with E-state index in [-0.39, 0.29) is 11.8 Å². The Kier molecular flexibility index (Phi) is 5.20. The summed E-state index contributed by atoms with van der Waals surface area (Å²) in [5.41, 5.74) is 1.61. The van der Waals surface area contributed by atoms with E-state index in [1.165, 1.54) is 11.3 Å². The normalized spacial score (nSPS) is 15.5. The van der Waals surface area contributed by atoms with Gasteiger partial charge < -0.3 is 9.84 Å². The third-order valence-corrected chi connectivity index (χ3v) is 6.13. The number of fused-ring (bicyclic) bond motifs is 1. The quantitative estimate of drug-likeness (QED) is 0.527. The molecule has 0 atom stereocenters. The van der Waals surface area contributed by atoms with Crippen molar-refractivity contribution in [2.75, 3.05) is 25.0 Å². The van der Waals surface area contributed by atoms with Crippen LogP contribution >= 0.6 is 11.3 Å². The molecule has 0 unspecified atom stereocenters. The molecule has 1 saturated heterocycles. The highest BCUT2D eigenvalue weighted by Gasteiger charge is 2.26. The second kappa shape index (κ2) is 8.29. The van der Waals surface area contributed by atoms with E-state index in [0.717, 1.165) is 36.1 Å². The van der Waals surface area contributed by atoms with Gasteiger partial charge in [-0.05, 0) is 50.2 Å². The lowest BCUT2D eigenvalue weighted by Crippen LogP contribution is -2.38. The van der Waals surface area contributed by atoms with Crippen LogP contribution in [0.5, 0.6) is 0 Å². The number of piperidine rings is 1. The molecule has 1 aliphatic rings. The van der Waals surface area contributed by atoms with Crippen molar-refractivity contribution < 1.29 is 9.32 Å². The molecule has 0 spiro atoms. The highest BCUT2D eigenvalue weighted by atomic mass is 32.1. The first-order valence-corrected chi connectivity index (χ1v) is 10.7. The van der Waals surface area contributed by atoms with E-state index in [0.29, 0.717) is 29.1 Å². The smallest absolute Gasteiger partial charge is 0.240 e. The second-order valence-electron chi connectivity index (χ2n) is 7.26. The maximum absolute atomic E-state index is 12.4. The van der Waals surface area contributed by atoms with Crippen LogP contribution in [0.25, 0.3) is 21.7 Å². The number of nitrogens with zero attached hydrogens (tertiary/aromatic N) is 5. The van der Waals surface area contributed by atoms with E-state index >= 15 is 0 Å². The molecule has 3 aromatic heterocycles. The fourth-order valence-corrected chi connectivity index (χ4v) is 4.51. The Hall–Kier alpha value is -3.17. The van der Waals surface area contributed by atoms with Crippen molar-refractivity contribution in [2.45, 2.75) is 18.8 Å². The molecule has 0 radical (unpaired) electrons. The Labute approximate surface area is 177 Å². The first kappa shape index (κ1) is 18.8. The monoisotopic (exact) mass is 420 g/mol. The van der Waals surface area contributed by atoms with Crippen molar-refractivity contribution >= 4 is 32.6 Å². The predicted octanol–water partition coefficient (Wildman–Crippen LogP) is 3.56. The summed E-state index contributed by atoms with van der Waals surface area (Å²) in [5, 5.41) is 7.63. The Morgan fingerprint density at radius 3 is 2.77 bits per heavy atom. The van der Waals surface area contributed by atoms with E-state index in [2.05, 4.69) is 30.3 Å². The van der Waals surface area contributed by atoms with Crippen molar-refractivity contribution in [3.8, 4) is 11.5 Å². The van der Waals surface area contributed by atoms with Gasteiger partial charge in [0.15, 0.2) is 5.13 Å². The van der Waals surface area contributed by atoms with Gasteiger partial charge in [0.1, 0.15) is 5.69 Å². The number of hydrogen-bond acceptors (Lipinski definition) is 8. The average Bonchev–Trinajstić information content (AvgIpc) is 3.42. The van der Waals surface area contributed by atoms with E-state index in [1.54, 1.807) is 6.20 Å². The van der Waals surface area contributed by atoms with Crippen molar-refractivity contribution in [3.05, 3.63) is 54.6 Å². The molecule has 1 fully saturated rings. The molecule has 152 valence electrons. The van der Waals surface area contributed by atoms with Gasteiger partial charge in [-0.3, -0.25) is 14.7 Å². The summed E-state index contributed by atoms with van der Waals surface area (Å²) in [5.74, 6) is 1.33. The number of aromatic nitrogens is 4. The van der Waals surface area contributed by atoms with Gasteiger partial charge in [0.25, 0.3) is 0 Å². The first-order chi connectivity index (χ1) is 14.7. The maximum Gasteiger partial charge on any atom is 0.240 e. The van der Waals surface area contributed by atoms with Crippen LogP contribution in [0, 0.1) is 0 Å². The number of carbonyl (C=O) groups excluding carboxylic acids is 1. The first-order valence-electron chi connectivity index (χ1n) is 9.87. The summed E-state index contributed by atoms with van der Waals surface area (Å²) in [6.07, 6.45) is 3.46. The van der Waals surface area contributed by atoms with E-state index in [1.807, 2.05) is 42.5 Å². The Bertz CT molecular complexity index is 1120. The number of carbonyl (C=O) groups is 1. The van der Waals surface area contributed by atoms with Crippen LogP contribution < -0.4 is 5.32 Å². The lowest BCUT2D eigenvalue weighted by atomic mass is 9.97. The number of para-hydroxylation sites is 1. The van der Waals surface area contributed by atoms with E-state index in [9.17, 15) is 4.79 Å². The number of nitrogens with one attached hydrogen (secondary N) is 1. The van der Waals surface area contributed by atoms with Gasteiger partial charge in [0, 0.05) is 12.1 Å². The highest BCUT2D eigenvalue weighted by molar-refractivity contribution is 7.22. The third kappa shape index (κ3) is 4.07. The zero-order valence-corrected chi connectivity index (χ0v) is 17.0. The van der Waals surface area contributed by atoms with E-state index in [4.69, 9.17) is 4.52 Å². The molecule has 4 aromatic rings. The number of amides is 1. The second-order valence-corrected chi connectivity index (χ2v) is 8.29. The average molecular weight is 420 g/mol. The maximum atomic E-state index is 12.4. The van der Waals surface area contributed by atoms with Gasteiger partial charge in [-0.1, -0.05) is 34.7 Å². The van der Waals surface area contributed by atoms with Crippen LogP contribution in [0.2, 0.25) is 0 Å². The van der Waals surface area contributed by atoms with Gasteiger partial charge >= 0.3 is 0 Å². The standard InChI is InChI=1S/C21H20N6O2S/c28-18(24-21-23-15-5-1-2-7-17(15)30-21)13-27-11-8-14(9-12-27)20-25-19(26-29-20)16-6-3-4-10-22-16/h1-7,10,14H,8-9,11-13H2,(H,23,24,28). The number of benzene rings is 1. The van der Waals surface area contributed by atoms with Crippen molar-refractivity contribution in [3.63, 3.8) is 0 Å². The van der Waals surface area contributed by atoms with Crippen molar-refractivity contribution in [2.24, 2.45) is 0 Å². The van der Waals surface area contributed by atoms with Crippen LogP contribution in [-0.2, 0) is 4.79 Å². The number of rotatable bonds is 5. The molecular weight excluding hydrogens is 400 g/mol. The van der Waals surface area contributed by atoms with Crippen LogP contribution in [0.15, 0.2) is 53.2 Å². The van der Waals surface area contributed by atoms with Crippen molar-refractivity contribution in [1.82, 2.24) is 25.0 Å². The highest BCUT2D eigenvalue weighted by Crippen LogP contribution is 2.28. The fraction of sp³-hybridized carbons (Fsp3) is 0.286. The summed E-state index contributed by atoms with van der Waals surface area (Å²) < 4.78 is 6.54. The summed E-state index contributed by atoms with van der Waals surface area (Å²) in [6, 6.07) is 13.5. The fourth-order valence-electron chi connectivity index (χ4n) is 3.63. The minimum absolute atomic E-state index is 0.0391. The molecule has 0 bridgehead atoms. The third-order valence-electron chi connectivity index (χ3n) is 5.18. The van der Waals surface area contributed by atoms with Gasteiger partial charge in [0.05, 0.1) is 16.8 Å². The number of likely N-dealkylation sites (tertiary alicyclic amines) is 1. The van der Waals surface area contributed by atoms with Gasteiger partial charge in [-0.15, -0.1) is 0 Å². The molecule has 30 heavy (non-hydrogen) atoms. The summed E-state index contributed by atoms with van der Waals surface area (Å²) in [6.45, 7) is 1.96. The molecule has 5 rings (SSSR count). The molecule has 4 heterocycles. The molecule has 1 amide bonds. The Morgan fingerprint density at radius 1 is 1.13 bits per heavy atom. The Morgan fingerprint density at radius 2 is 1.97 bits per heavy atom. The molecule has 0 saturated carbocycles. The van der Waals surface area contributed by atoms with Gasteiger partial charge in [0.2, 0.25) is 17.6 Å². The number of thiazole rings is 1. The Balaban J connectivity index is 1.14. The van der Waals surface area contributed by atoms with E-state index < -0.39 is 0 Å². The van der Waals surface area contributed by atoms with Gasteiger partial charge in [-0.2, -0.15) is 4.98 Å². The number of anilines is 1. The summed E-state index contributed by atoms with van der Waals surface area (Å²) in [7, 11) is 0. The molecule has 8 nitrogen and oxygen atoms in total. The van der Waals surface area contributed by atoms with Crippen molar-refractivity contribution in [1.29, 1.82) is 0 Å². The predicted molar refractivity (Wildman–Crippen MR) is 114 cm³/mol. The molecular formula is C21H20N6O2S. The van der Waals surface area contributed by atoms with Crippen LogP contribution in [0.1, 0.15) is 24.7 Å². The SMILES string of the molecule is O=C(CN1CCC(c2nc(-c3ccccn3)no2)CC1)Nc1nc2ccccc2s1. The molecule has 9 heteroatoms. The molecule has 1 aromatic carbocycles. The zero-order chi connectivity index (χ0) is 20.3. The van der Waals surface area contributed by atoms with Crippen LogP contribution in [0.4, 0.5) is 5.13 Å².